The fourth-order valence-electron chi connectivity index (χ4n) is 14.0. The first kappa shape index (κ1) is 92.2. The Labute approximate surface area is 676 Å². The number of nitrogens with one attached hydrogen (secondary N) is 14. The Morgan fingerprint density at radius 1 is 0.407 bits per heavy atom. The van der Waals surface area contributed by atoms with Crippen molar-refractivity contribution in [3.8, 4) is 5.75 Å². The van der Waals surface area contributed by atoms with Crippen LogP contribution in [0.25, 0.3) is 10.8 Å². The van der Waals surface area contributed by atoms with Gasteiger partial charge in [-0.15, -0.1) is 0 Å². The maximum absolute atomic E-state index is 15.5. The zero-order chi connectivity index (χ0) is 87.2. The molecule has 14 amide bonds. The lowest BCUT2D eigenvalue weighted by atomic mass is 9.85. The molecule has 21 N–H and O–H groups in total. The van der Waals surface area contributed by atoms with Crippen molar-refractivity contribution in [3.63, 3.8) is 0 Å². The van der Waals surface area contributed by atoms with Gasteiger partial charge in [-0.2, -0.15) is 0 Å². The lowest BCUT2D eigenvalue weighted by Gasteiger charge is -2.33. The highest BCUT2D eigenvalue weighted by atomic mass is 16.4. The number of carboxylic acids is 4. The van der Waals surface area contributed by atoms with E-state index in [0.29, 0.717) is 21.9 Å². The average molecular weight is 1640 g/mol. The third kappa shape index (κ3) is 27.4. The molecule has 118 heavy (non-hydrogen) atoms. The van der Waals surface area contributed by atoms with Crippen molar-refractivity contribution in [2.45, 2.75) is 210 Å². The van der Waals surface area contributed by atoms with Gasteiger partial charge in [-0.1, -0.05) is 106 Å². The molecule has 39 heteroatoms. The maximum atomic E-state index is 15.5. The van der Waals surface area contributed by atoms with E-state index in [4.69, 9.17) is 5.73 Å². The number of carbonyl (C=O) groups excluding carboxylic acids is 15. The van der Waals surface area contributed by atoms with Gasteiger partial charge in [-0.05, 0) is 123 Å². The van der Waals surface area contributed by atoms with Crippen LogP contribution in [-0.2, 0) is 110 Å². The maximum Gasteiger partial charge on any atom is 0.305 e. The van der Waals surface area contributed by atoms with Crippen molar-refractivity contribution in [1.82, 2.24) is 74.4 Å². The number of phenols is 1. The first-order chi connectivity index (χ1) is 55.6. The minimum Gasteiger partial charge on any atom is -0.508 e. The van der Waals surface area contributed by atoms with Crippen molar-refractivity contribution in [1.29, 1.82) is 0 Å². The van der Waals surface area contributed by atoms with Crippen molar-refractivity contribution < 1.29 is 117 Å². The summed E-state index contributed by atoms with van der Waals surface area (Å²) in [5.41, 5.74) is 5.20. The second-order valence-electron chi connectivity index (χ2n) is 30.7. The number of Topliss-reactive ketones (excluding diaryl/α,β-unsaturated/α-hetero) is 1. The lowest BCUT2D eigenvalue weighted by molar-refractivity contribution is -0.142. The number of carboxylic acid groups (broad SMARTS) is 4. The van der Waals surface area contributed by atoms with Gasteiger partial charge in [-0.3, -0.25) is 91.1 Å². The minimum absolute atomic E-state index is 0.225. The van der Waals surface area contributed by atoms with Crippen LogP contribution >= 0.6 is 0 Å². The predicted molar refractivity (Wildman–Crippen MR) is 415 cm³/mol. The fourth-order valence-corrected chi connectivity index (χ4v) is 14.0. The number of fused-ring (bicyclic) bond motifs is 3. The van der Waals surface area contributed by atoms with Gasteiger partial charge >= 0.3 is 23.9 Å². The molecule has 0 spiro atoms. The van der Waals surface area contributed by atoms with E-state index in [1.54, 1.807) is 60.7 Å². The number of benzene rings is 4. The smallest absolute Gasteiger partial charge is 0.305 e. The molecule has 17 atom stereocenters. The van der Waals surface area contributed by atoms with Crippen LogP contribution < -0.4 is 80.2 Å². The number of hydrogen-bond acceptors (Lipinski definition) is 21. The number of amides is 14. The second-order valence-corrected chi connectivity index (χ2v) is 30.7. The number of ketones is 1. The fraction of sp³-hybridized carbons (Fsp3) is 0.481. The number of phenolic OH excluding ortho intramolecular Hbond substituents is 1. The molecule has 0 radical (unpaired) electrons. The minimum atomic E-state index is -2.21. The molecular formula is C79H101N15O24. The molecule has 4 aromatic rings. The first-order valence-corrected chi connectivity index (χ1v) is 38.2. The van der Waals surface area contributed by atoms with E-state index < -0.39 is 291 Å². The molecular weight excluding hydrogens is 1540 g/mol. The molecule has 0 aromatic heterocycles. The highest BCUT2D eigenvalue weighted by Crippen LogP contribution is 2.54. The van der Waals surface area contributed by atoms with Crippen LogP contribution in [0.3, 0.4) is 0 Å². The van der Waals surface area contributed by atoms with Gasteiger partial charge in [0.1, 0.15) is 78.3 Å². The SMILES string of the molecule is CN[C@H]1CC2C3C[C@@H](C(C)=O)NC(=O)[C@H](C(C)(C)C)NC(=O)[C@H](CC(=O)O)NC(=O)[C@H](Cc4ccc(O)cc4)NC(=O)[C@H](Cc4ccccc4)NC(=O)[C@H](CC(=O)O)NC(=O)[C@H](CCC(=O)O)NC(=O)[C@@H](CC32)NC(=O)[C@@H](C)NC(=O)[C@H](Cc2cccc3ccccc23)NC(=O)[C@H](CCC(=O)O)NC(=O)[C@H](CC(N)=O)NC(=O)[C@@H](C)NC1=O. The number of rotatable bonds is 20. The average Bonchev–Trinajstić information content (AvgIpc) is 1.63. The van der Waals surface area contributed by atoms with Crippen LogP contribution in [0.2, 0.25) is 0 Å². The van der Waals surface area contributed by atoms with E-state index in [1.165, 1.54) is 71.1 Å². The van der Waals surface area contributed by atoms with E-state index in [9.17, 15) is 97.5 Å². The highest BCUT2D eigenvalue weighted by Gasteiger charge is 2.54. The van der Waals surface area contributed by atoms with Gasteiger partial charge in [0.2, 0.25) is 82.7 Å². The van der Waals surface area contributed by atoms with Gasteiger partial charge in [0, 0.05) is 32.1 Å². The van der Waals surface area contributed by atoms with Crippen LogP contribution in [0.4, 0.5) is 0 Å². The van der Waals surface area contributed by atoms with E-state index >= 15 is 19.2 Å². The number of primary amides is 1. The Hall–Kier alpha value is -13.0. The summed E-state index contributed by atoms with van der Waals surface area (Å²) in [6.07, 6.45) is -9.19. The molecule has 2 heterocycles. The topological polar surface area (TPSA) is 620 Å². The molecule has 2 bridgehead atoms. The quantitative estimate of drug-likeness (QED) is 0.0413. The largest absolute Gasteiger partial charge is 0.508 e. The Bertz CT molecular complexity index is 4460. The third-order valence-electron chi connectivity index (χ3n) is 20.5. The lowest BCUT2D eigenvalue weighted by Crippen LogP contribution is -2.62. The predicted octanol–water partition coefficient (Wildman–Crippen LogP) is -3.25. The number of likely N-dealkylation sites (N-methyl/N-ethyl adjacent to an activating group) is 1. The third-order valence-corrected chi connectivity index (χ3v) is 20.5. The summed E-state index contributed by atoms with van der Waals surface area (Å²) in [5.74, 6) is -27.1. The molecule has 1 aliphatic carbocycles. The number of aromatic hydroxyl groups is 1. The van der Waals surface area contributed by atoms with Crippen LogP contribution in [0.15, 0.2) is 97.1 Å². The molecule has 3 aliphatic rings. The van der Waals surface area contributed by atoms with Crippen molar-refractivity contribution in [3.05, 3.63) is 114 Å². The van der Waals surface area contributed by atoms with E-state index in [2.05, 4.69) is 74.4 Å². The van der Waals surface area contributed by atoms with Crippen molar-refractivity contribution >= 4 is 123 Å². The summed E-state index contributed by atoms with van der Waals surface area (Å²) in [6, 6.07) is -0.700. The number of nitrogens with two attached hydrogens (primary N) is 1. The van der Waals surface area contributed by atoms with Crippen LogP contribution in [0.1, 0.15) is 122 Å². The zero-order valence-electron chi connectivity index (χ0n) is 65.8. The highest BCUT2D eigenvalue weighted by molar-refractivity contribution is 6.02. The summed E-state index contributed by atoms with van der Waals surface area (Å²) in [4.78, 5) is 269. The molecule has 1 saturated carbocycles. The molecule has 2 saturated heterocycles. The summed E-state index contributed by atoms with van der Waals surface area (Å²) in [6.45, 7) is 7.87. The van der Waals surface area contributed by atoms with Crippen LogP contribution in [0, 0.1) is 23.2 Å². The van der Waals surface area contributed by atoms with Crippen molar-refractivity contribution in [2.75, 3.05) is 7.05 Å². The normalized spacial score (nSPS) is 26.9. The summed E-state index contributed by atoms with van der Waals surface area (Å²) < 4.78 is 0. The van der Waals surface area contributed by atoms with E-state index in [0.717, 1.165) is 13.8 Å². The molecule has 4 aromatic carbocycles. The van der Waals surface area contributed by atoms with Crippen LogP contribution in [0.5, 0.6) is 5.75 Å². The monoisotopic (exact) mass is 1640 g/mol. The van der Waals surface area contributed by atoms with Crippen molar-refractivity contribution in [2.24, 2.45) is 28.9 Å². The molecule has 3 unspecified atom stereocenters. The Balaban J connectivity index is 1.40. The van der Waals surface area contributed by atoms with Gasteiger partial charge in [-0.25, -0.2) is 0 Å². The van der Waals surface area contributed by atoms with Crippen LogP contribution in [-0.4, -0.2) is 230 Å². The van der Waals surface area contributed by atoms with Gasteiger partial charge in [0.05, 0.1) is 31.3 Å². The second kappa shape index (κ2) is 42.1. The Kier molecular flexibility index (Phi) is 32.9. The molecule has 3 fully saturated rings. The summed E-state index contributed by atoms with van der Waals surface area (Å²) in [7, 11) is 1.33. The standard InChI is InChI=1S/C79H101N15O24/c1-37-67(107)88-57(34-60(80)97)75(115)85-49(24-26-61(98)99)68(108)91-55(30-43-18-13-17-42-16-11-12-19-45(42)43)71(111)83-38(2)66(106)87-56-33-48-46(47(48)32-52(81-7)70(110)82-37)31-51(39(3)95)86-78(118)65(79(4,5)6)94-77(117)59(36-64(104)105)93-73(113)54(29-41-20-22-44(96)23-21-41)89-72(112)53(28-40-14-9-8-10-15-40)90-76(116)58(35-63(102)103)92-69(109)50(84-74(56)114)25-27-62(100)101/h8-23,37-38,46-59,65,81,96H,24-36H2,1-7H3,(H2,80,97)(H,82,110)(H,83,111)(H,84,114)(H,85,115)(H,86,118)(H,87,106)(H,88,107)(H,89,112)(H,90,116)(H,91,108)(H,92,109)(H,93,113)(H,94,117)(H,98,99)(H,100,101)(H,102,103)(H,104,105)/t37-,38-,46?,47?,48?,49+,50+,51+,52+,53+,54+,55+,56-,57+,58+,59+,65-/m1/s1. The molecule has 2 aliphatic heterocycles. The van der Waals surface area contributed by atoms with E-state index in [1.807, 2.05) is 0 Å². The van der Waals surface area contributed by atoms with Gasteiger partial charge < -0.3 is 106 Å². The molecule has 7 rings (SSSR count). The number of aliphatic carboxylic acids is 4. The van der Waals surface area contributed by atoms with E-state index in [-0.39, 0.29) is 24.2 Å². The van der Waals surface area contributed by atoms with Gasteiger partial charge in [0.25, 0.3) is 0 Å². The summed E-state index contributed by atoms with van der Waals surface area (Å²) >= 11 is 0. The van der Waals surface area contributed by atoms with Gasteiger partial charge in [0.15, 0.2) is 5.78 Å². The molecule has 39 nitrogen and oxygen atoms in total. The first-order valence-electron chi connectivity index (χ1n) is 38.2. The Morgan fingerprint density at radius 3 is 1.32 bits per heavy atom. The number of carbonyl (C=O) groups is 19. The summed E-state index contributed by atoms with van der Waals surface area (Å²) in [5, 5.41) is 86.6. The number of hydrogen-bond donors (Lipinski definition) is 20. The molecule has 636 valence electrons. The zero-order valence-corrected chi connectivity index (χ0v) is 65.8. The Morgan fingerprint density at radius 2 is 0.814 bits per heavy atom.